The van der Waals surface area contributed by atoms with Crippen LogP contribution in [0.1, 0.15) is 17.5 Å². The van der Waals surface area contributed by atoms with Gasteiger partial charge in [-0.1, -0.05) is 18.2 Å². The number of aromatic nitrogens is 2. The molecule has 0 saturated carbocycles. The van der Waals surface area contributed by atoms with Crippen molar-refractivity contribution < 1.29 is 9.18 Å². The van der Waals surface area contributed by atoms with Crippen LogP contribution in [0.25, 0.3) is 11.0 Å². The van der Waals surface area contributed by atoms with Crippen molar-refractivity contribution >= 4 is 16.9 Å². The highest BCUT2D eigenvalue weighted by molar-refractivity contribution is 5.78. The summed E-state index contributed by atoms with van der Waals surface area (Å²) in [7, 11) is 3.47. The average Bonchev–Trinajstić information content (AvgIpc) is 2.83. The number of nitrogens with zero attached hydrogens (tertiary/aromatic N) is 2. The topological polar surface area (TPSA) is 56.0 Å². The SMILES string of the molecule is Cn1c(=O)n(C)c2cc(CNC(=O)CCc3ccc(F)cc3)ccc21. The summed E-state index contributed by atoms with van der Waals surface area (Å²) in [4.78, 5) is 23.9. The number of fused-ring (bicyclic) bond motifs is 1. The van der Waals surface area contributed by atoms with Crippen LogP contribution < -0.4 is 11.0 Å². The Morgan fingerprint density at radius 3 is 2.36 bits per heavy atom. The fourth-order valence-corrected chi connectivity index (χ4v) is 2.86. The van der Waals surface area contributed by atoms with Gasteiger partial charge < -0.3 is 5.32 Å². The maximum absolute atomic E-state index is 12.9. The molecule has 0 fully saturated rings. The number of rotatable bonds is 5. The molecular formula is C19H20FN3O2. The van der Waals surface area contributed by atoms with Crippen LogP contribution in [-0.4, -0.2) is 15.0 Å². The minimum absolute atomic E-state index is 0.0635. The first-order chi connectivity index (χ1) is 12.0. The Morgan fingerprint density at radius 2 is 1.64 bits per heavy atom. The van der Waals surface area contributed by atoms with Gasteiger partial charge in [-0.05, 0) is 41.8 Å². The molecule has 1 N–H and O–H groups in total. The van der Waals surface area contributed by atoms with Crippen molar-refractivity contribution in [3.63, 3.8) is 0 Å². The fourth-order valence-electron chi connectivity index (χ4n) is 2.86. The van der Waals surface area contributed by atoms with E-state index in [0.717, 1.165) is 22.2 Å². The summed E-state index contributed by atoms with van der Waals surface area (Å²) < 4.78 is 16.0. The van der Waals surface area contributed by atoms with E-state index in [1.165, 1.54) is 12.1 Å². The maximum atomic E-state index is 12.9. The van der Waals surface area contributed by atoms with Crippen LogP contribution in [0.2, 0.25) is 0 Å². The number of halogens is 1. The standard InChI is InChI=1S/C19H20FN3O2/c1-22-16-9-5-14(11-17(16)23(2)19(22)25)12-21-18(24)10-6-13-3-7-15(20)8-4-13/h3-5,7-9,11H,6,10,12H2,1-2H3,(H,21,24). The van der Waals surface area contributed by atoms with E-state index >= 15 is 0 Å². The van der Waals surface area contributed by atoms with Crippen molar-refractivity contribution in [2.45, 2.75) is 19.4 Å². The van der Waals surface area contributed by atoms with Crippen molar-refractivity contribution in [1.82, 2.24) is 14.5 Å². The molecule has 130 valence electrons. The molecule has 1 amide bonds. The molecule has 0 bridgehead atoms. The minimum atomic E-state index is -0.279. The summed E-state index contributed by atoms with van der Waals surface area (Å²) in [6.07, 6.45) is 0.913. The molecular weight excluding hydrogens is 321 g/mol. The highest BCUT2D eigenvalue weighted by atomic mass is 19.1. The summed E-state index contributed by atoms with van der Waals surface area (Å²) in [5.41, 5.74) is 3.49. The van der Waals surface area contributed by atoms with Gasteiger partial charge >= 0.3 is 5.69 Å². The molecule has 3 rings (SSSR count). The third kappa shape index (κ3) is 3.63. The largest absolute Gasteiger partial charge is 0.352 e. The molecule has 0 atom stereocenters. The van der Waals surface area contributed by atoms with Crippen molar-refractivity contribution in [3.05, 3.63) is 69.9 Å². The van der Waals surface area contributed by atoms with Crippen LogP contribution in [-0.2, 0) is 31.9 Å². The summed E-state index contributed by atoms with van der Waals surface area (Å²) >= 11 is 0. The summed E-state index contributed by atoms with van der Waals surface area (Å²) in [5.74, 6) is -0.342. The van der Waals surface area contributed by atoms with Gasteiger partial charge in [0.15, 0.2) is 0 Å². The lowest BCUT2D eigenvalue weighted by Crippen LogP contribution is -2.23. The summed E-state index contributed by atoms with van der Waals surface area (Å²) in [6.45, 7) is 0.404. The van der Waals surface area contributed by atoms with E-state index in [1.807, 2.05) is 18.2 Å². The average molecular weight is 341 g/mol. The molecule has 0 radical (unpaired) electrons. The number of aryl methyl sites for hydroxylation is 3. The normalized spacial score (nSPS) is 11.0. The molecule has 1 heterocycles. The number of hydrogen-bond donors (Lipinski definition) is 1. The Balaban J connectivity index is 1.60. The molecule has 25 heavy (non-hydrogen) atoms. The first kappa shape index (κ1) is 17.0. The monoisotopic (exact) mass is 341 g/mol. The highest BCUT2D eigenvalue weighted by Gasteiger charge is 2.09. The Hall–Kier alpha value is -2.89. The molecule has 1 aromatic heterocycles. The van der Waals surface area contributed by atoms with E-state index in [-0.39, 0.29) is 17.4 Å². The van der Waals surface area contributed by atoms with Gasteiger partial charge in [0.1, 0.15) is 5.82 Å². The Morgan fingerprint density at radius 1 is 1.00 bits per heavy atom. The number of carbonyl (C=O) groups excluding carboxylic acids is 1. The van der Waals surface area contributed by atoms with Crippen molar-refractivity contribution in [2.24, 2.45) is 14.1 Å². The molecule has 0 saturated heterocycles. The van der Waals surface area contributed by atoms with Gasteiger partial charge in [-0.25, -0.2) is 9.18 Å². The zero-order valence-electron chi connectivity index (χ0n) is 14.3. The van der Waals surface area contributed by atoms with Gasteiger partial charge in [0.2, 0.25) is 5.91 Å². The minimum Gasteiger partial charge on any atom is -0.352 e. The van der Waals surface area contributed by atoms with Crippen LogP contribution in [0.4, 0.5) is 4.39 Å². The molecule has 0 unspecified atom stereocenters. The third-order valence-electron chi connectivity index (χ3n) is 4.38. The van der Waals surface area contributed by atoms with Crippen LogP contribution in [0.15, 0.2) is 47.3 Å². The van der Waals surface area contributed by atoms with Gasteiger partial charge in [0.05, 0.1) is 11.0 Å². The molecule has 0 aliphatic carbocycles. The van der Waals surface area contributed by atoms with E-state index in [9.17, 15) is 14.0 Å². The molecule has 0 aliphatic rings. The Kier molecular flexibility index (Phi) is 4.70. The quantitative estimate of drug-likeness (QED) is 0.774. The number of nitrogens with one attached hydrogen (secondary N) is 1. The maximum Gasteiger partial charge on any atom is 0.328 e. The zero-order valence-corrected chi connectivity index (χ0v) is 14.3. The van der Waals surface area contributed by atoms with Gasteiger partial charge in [0.25, 0.3) is 0 Å². The Bertz CT molecular complexity index is 971. The lowest BCUT2D eigenvalue weighted by Gasteiger charge is -2.06. The first-order valence-electron chi connectivity index (χ1n) is 8.11. The number of hydrogen-bond acceptors (Lipinski definition) is 2. The van der Waals surface area contributed by atoms with Gasteiger partial charge in [0, 0.05) is 27.1 Å². The summed E-state index contributed by atoms with van der Waals surface area (Å²) in [5, 5.41) is 2.88. The molecule has 0 aliphatic heterocycles. The first-order valence-corrected chi connectivity index (χ1v) is 8.11. The predicted molar refractivity (Wildman–Crippen MR) is 94.7 cm³/mol. The van der Waals surface area contributed by atoms with Crippen LogP contribution in [0.3, 0.4) is 0 Å². The van der Waals surface area contributed by atoms with Crippen molar-refractivity contribution in [2.75, 3.05) is 0 Å². The number of imidazole rings is 1. The lowest BCUT2D eigenvalue weighted by atomic mass is 10.1. The smallest absolute Gasteiger partial charge is 0.328 e. The van der Waals surface area contributed by atoms with E-state index in [1.54, 1.807) is 35.4 Å². The van der Waals surface area contributed by atoms with E-state index in [4.69, 9.17) is 0 Å². The highest BCUT2D eigenvalue weighted by Crippen LogP contribution is 2.14. The second-order valence-electron chi connectivity index (χ2n) is 6.13. The zero-order chi connectivity index (χ0) is 18.0. The molecule has 0 spiro atoms. The van der Waals surface area contributed by atoms with Gasteiger partial charge in [-0.3, -0.25) is 13.9 Å². The summed E-state index contributed by atoms with van der Waals surface area (Å²) in [6, 6.07) is 11.9. The van der Waals surface area contributed by atoms with E-state index < -0.39 is 0 Å². The van der Waals surface area contributed by atoms with Crippen LogP contribution >= 0.6 is 0 Å². The molecule has 2 aromatic carbocycles. The third-order valence-corrected chi connectivity index (χ3v) is 4.38. The van der Waals surface area contributed by atoms with Gasteiger partial charge in [-0.2, -0.15) is 0 Å². The van der Waals surface area contributed by atoms with Crippen molar-refractivity contribution in [3.8, 4) is 0 Å². The Labute approximate surface area is 144 Å². The fraction of sp³-hybridized carbons (Fsp3) is 0.263. The second-order valence-corrected chi connectivity index (χ2v) is 6.13. The molecule has 5 nitrogen and oxygen atoms in total. The lowest BCUT2D eigenvalue weighted by molar-refractivity contribution is -0.121. The molecule has 3 aromatic rings. The van der Waals surface area contributed by atoms with Gasteiger partial charge in [-0.15, -0.1) is 0 Å². The van der Waals surface area contributed by atoms with E-state index in [2.05, 4.69) is 5.32 Å². The number of benzene rings is 2. The second kappa shape index (κ2) is 6.93. The number of carbonyl (C=O) groups is 1. The van der Waals surface area contributed by atoms with Crippen LogP contribution in [0.5, 0.6) is 0 Å². The number of amides is 1. The van der Waals surface area contributed by atoms with Crippen LogP contribution in [0, 0.1) is 5.82 Å². The van der Waals surface area contributed by atoms with Crippen molar-refractivity contribution in [1.29, 1.82) is 0 Å². The predicted octanol–water partition coefficient (Wildman–Crippen LogP) is 2.27. The molecule has 6 heteroatoms. The van der Waals surface area contributed by atoms with E-state index in [0.29, 0.717) is 19.4 Å².